The molecule has 4 heterocycles. The third-order valence-electron chi connectivity index (χ3n) is 6.04. The summed E-state index contributed by atoms with van der Waals surface area (Å²) in [5.74, 6) is -2.13. The molecule has 0 radical (unpaired) electrons. The van der Waals surface area contributed by atoms with E-state index in [1.807, 2.05) is 31.1 Å². The van der Waals surface area contributed by atoms with Gasteiger partial charge in [0.15, 0.2) is 10.9 Å². The molecule has 3 aromatic rings. The number of halogens is 2. The van der Waals surface area contributed by atoms with E-state index in [9.17, 15) is 18.4 Å². The number of nitrogens with zero attached hydrogens (tertiary/aromatic N) is 4. The SMILES string of the molecule is CC(C)(C)OC(=O)N1C2CCC1CN(c1nc3c(OC(F)(F)C(N)=O)ccc(-c4nccs4)c3s1)C2. The van der Waals surface area contributed by atoms with Crippen LogP contribution in [0.1, 0.15) is 33.6 Å². The molecule has 9 nitrogen and oxygen atoms in total. The van der Waals surface area contributed by atoms with E-state index in [-0.39, 0.29) is 29.4 Å². The Morgan fingerprint density at radius 3 is 2.44 bits per heavy atom. The van der Waals surface area contributed by atoms with Gasteiger partial charge in [0.05, 0.1) is 16.8 Å². The first-order valence-electron chi connectivity index (χ1n) is 11.4. The van der Waals surface area contributed by atoms with E-state index < -0.39 is 17.6 Å². The lowest BCUT2D eigenvalue weighted by Crippen LogP contribution is -2.56. The Labute approximate surface area is 213 Å². The number of hydrogen-bond acceptors (Lipinski definition) is 9. The largest absolute Gasteiger partial charge is 0.482 e. The molecule has 5 rings (SSSR count). The van der Waals surface area contributed by atoms with Crippen molar-refractivity contribution in [1.82, 2.24) is 14.9 Å². The van der Waals surface area contributed by atoms with E-state index in [4.69, 9.17) is 15.2 Å². The number of primary amides is 1. The van der Waals surface area contributed by atoms with Crippen molar-refractivity contribution < 1.29 is 27.8 Å². The summed E-state index contributed by atoms with van der Waals surface area (Å²) in [6.45, 7) is 6.59. The van der Waals surface area contributed by atoms with E-state index >= 15 is 0 Å². The molecule has 2 aliphatic rings. The molecule has 2 fully saturated rings. The third kappa shape index (κ3) is 4.57. The number of alkyl halides is 2. The van der Waals surface area contributed by atoms with Crippen LogP contribution < -0.4 is 15.4 Å². The Morgan fingerprint density at radius 2 is 1.86 bits per heavy atom. The van der Waals surface area contributed by atoms with Crippen molar-refractivity contribution in [1.29, 1.82) is 0 Å². The molecule has 0 aliphatic carbocycles. The van der Waals surface area contributed by atoms with Gasteiger partial charge in [-0.25, -0.2) is 14.8 Å². The van der Waals surface area contributed by atoms with Gasteiger partial charge in [-0.15, -0.1) is 11.3 Å². The van der Waals surface area contributed by atoms with Gasteiger partial charge >= 0.3 is 18.1 Å². The fourth-order valence-corrected chi connectivity index (χ4v) is 6.42. The first kappa shape index (κ1) is 24.6. The zero-order valence-corrected chi connectivity index (χ0v) is 21.5. The van der Waals surface area contributed by atoms with Gasteiger partial charge in [0.2, 0.25) is 0 Å². The van der Waals surface area contributed by atoms with Gasteiger partial charge < -0.3 is 20.1 Å². The number of ether oxygens (including phenoxy) is 2. The summed E-state index contributed by atoms with van der Waals surface area (Å²) < 4.78 is 39.1. The lowest BCUT2D eigenvalue weighted by Gasteiger charge is -2.41. The second-order valence-corrected chi connectivity index (χ2v) is 11.7. The molecule has 0 saturated carbocycles. The molecule has 2 N–H and O–H groups in total. The number of aromatic nitrogens is 2. The number of carbonyl (C=O) groups excluding carboxylic acids is 2. The van der Waals surface area contributed by atoms with Crippen LogP contribution in [0.25, 0.3) is 20.8 Å². The number of thiazole rings is 2. The summed E-state index contributed by atoms with van der Waals surface area (Å²) in [5.41, 5.74) is 5.16. The fourth-order valence-electron chi connectivity index (χ4n) is 4.57. The number of nitrogens with two attached hydrogens (primary N) is 1. The van der Waals surface area contributed by atoms with Crippen molar-refractivity contribution in [2.45, 2.75) is 57.4 Å². The molecule has 1 aromatic carbocycles. The molecule has 2 amide bonds. The minimum Gasteiger partial charge on any atom is -0.444 e. The molecule has 0 spiro atoms. The number of hydrogen-bond donors (Lipinski definition) is 1. The average molecular weight is 538 g/mol. The summed E-state index contributed by atoms with van der Waals surface area (Å²) in [6.07, 6.45) is -1.16. The highest BCUT2D eigenvalue weighted by Crippen LogP contribution is 2.44. The van der Waals surface area contributed by atoms with Crippen LogP contribution in [0.4, 0.5) is 18.7 Å². The first-order valence-corrected chi connectivity index (χ1v) is 13.1. The van der Waals surface area contributed by atoms with Crippen LogP contribution in [0.5, 0.6) is 5.75 Å². The zero-order valence-electron chi connectivity index (χ0n) is 19.9. The lowest BCUT2D eigenvalue weighted by molar-refractivity contribution is -0.189. The van der Waals surface area contributed by atoms with Crippen LogP contribution in [-0.4, -0.2) is 63.8 Å². The summed E-state index contributed by atoms with van der Waals surface area (Å²) in [5, 5.41) is 3.14. The van der Waals surface area contributed by atoms with Crippen molar-refractivity contribution >= 4 is 50.0 Å². The smallest absolute Gasteiger partial charge is 0.444 e. The Hall–Kier alpha value is -3.06. The molecule has 192 valence electrons. The van der Waals surface area contributed by atoms with Gasteiger partial charge in [-0.2, -0.15) is 8.78 Å². The van der Waals surface area contributed by atoms with Gasteiger partial charge in [0, 0.05) is 30.2 Å². The maximum Gasteiger partial charge on any atom is 0.482 e. The average Bonchev–Trinajstić information content (AvgIpc) is 3.51. The van der Waals surface area contributed by atoms with Crippen molar-refractivity contribution in [3.05, 3.63) is 23.7 Å². The minimum atomic E-state index is -4.18. The van der Waals surface area contributed by atoms with Crippen LogP contribution in [0.3, 0.4) is 0 Å². The van der Waals surface area contributed by atoms with Crippen molar-refractivity contribution in [3.63, 3.8) is 0 Å². The van der Waals surface area contributed by atoms with E-state index in [1.54, 1.807) is 12.3 Å². The van der Waals surface area contributed by atoms with Crippen LogP contribution in [0.2, 0.25) is 0 Å². The topological polar surface area (TPSA) is 111 Å². The predicted molar refractivity (Wildman–Crippen MR) is 133 cm³/mol. The molecule has 2 atom stereocenters. The molecule has 13 heteroatoms. The summed E-state index contributed by atoms with van der Waals surface area (Å²) >= 11 is 2.75. The summed E-state index contributed by atoms with van der Waals surface area (Å²) in [4.78, 5) is 36.9. The van der Waals surface area contributed by atoms with Gasteiger partial charge in [0.1, 0.15) is 16.1 Å². The van der Waals surface area contributed by atoms with Gasteiger partial charge in [0.25, 0.3) is 0 Å². The standard InChI is InChI=1S/C23H25F2N5O4S2/c1-22(2,3)34-21(32)30-12-4-5-13(30)11-29(10-12)20-28-16-15(33-23(24,25)19(26)31)7-6-14(17(16)36-20)18-27-8-9-35-18/h6-9,12-13H,4-5,10-11H2,1-3H3,(H2,26,31). The van der Waals surface area contributed by atoms with Crippen molar-refractivity contribution in [3.8, 4) is 16.3 Å². The van der Waals surface area contributed by atoms with E-state index in [2.05, 4.69) is 14.9 Å². The number of amides is 2. The Balaban J connectivity index is 1.49. The number of fused-ring (bicyclic) bond motifs is 3. The summed E-state index contributed by atoms with van der Waals surface area (Å²) in [6, 6.07) is 2.89. The van der Waals surface area contributed by atoms with Crippen molar-refractivity contribution in [2.75, 3.05) is 18.0 Å². The first-order chi connectivity index (χ1) is 16.9. The van der Waals surface area contributed by atoms with Crippen LogP contribution in [-0.2, 0) is 9.53 Å². The highest BCUT2D eigenvalue weighted by molar-refractivity contribution is 7.23. The van der Waals surface area contributed by atoms with Crippen LogP contribution in [0.15, 0.2) is 23.7 Å². The molecule has 2 aromatic heterocycles. The molecular formula is C23H25F2N5O4S2. The maximum absolute atomic E-state index is 14.1. The van der Waals surface area contributed by atoms with Crippen LogP contribution >= 0.6 is 22.7 Å². The molecule has 2 saturated heterocycles. The lowest BCUT2D eigenvalue weighted by atomic mass is 10.2. The molecule has 2 bridgehead atoms. The number of benzene rings is 1. The zero-order chi connectivity index (χ0) is 25.8. The second kappa shape index (κ2) is 8.80. The minimum absolute atomic E-state index is 0.0426. The fraction of sp³-hybridized carbons (Fsp3) is 0.478. The highest BCUT2D eigenvalue weighted by atomic mass is 32.1. The van der Waals surface area contributed by atoms with Gasteiger partial charge in [-0.05, 0) is 45.7 Å². The quantitative estimate of drug-likeness (QED) is 0.511. The Bertz CT molecular complexity index is 1290. The number of piperazine rings is 1. The van der Waals surface area contributed by atoms with E-state index in [1.165, 1.54) is 28.7 Å². The monoisotopic (exact) mass is 537 g/mol. The molecular weight excluding hydrogens is 512 g/mol. The number of carbonyl (C=O) groups is 2. The molecule has 2 unspecified atom stereocenters. The maximum atomic E-state index is 14.1. The second-order valence-electron chi connectivity index (χ2n) is 9.78. The van der Waals surface area contributed by atoms with Gasteiger partial charge in [-0.3, -0.25) is 9.69 Å². The Kier molecular flexibility index (Phi) is 6.02. The van der Waals surface area contributed by atoms with Crippen LogP contribution in [0, 0.1) is 0 Å². The molecule has 2 aliphatic heterocycles. The van der Waals surface area contributed by atoms with E-state index in [0.29, 0.717) is 27.9 Å². The highest BCUT2D eigenvalue weighted by Gasteiger charge is 2.45. The molecule has 36 heavy (non-hydrogen) atoms. The normalized spacial score (nSPS) is 20.1. The van der Waals surface area contributed by atoms with E-state index in [0.717, 1.165) is 18.4 Å². The van der Waals surface area contributed by atoms with Crippen molar-refractivity contribution in [2.24, 2.45) is 5.73 Å². The third-order valence-corrected chi connectivity index (χ3v) is 8.00. The van der Waals surface area contributed by atoms with Gasteiger partial charge in [-0.1, -0.05) is 11.3 Å². The summed E-state index contributed by atoms with van der Waals surface area (Å²) in [7, 11) is 0. The Morgan fingerprint density at radius 1 is 1.17 bits per heavy atom. The predicted octanol–water partition coefficient (Wildman–Crippen LogP) is 4.46. The number of rotatable bonds is 5. The number of anilines is 1.